The van der Waals surface area contributed by atoms with Gasteiger partial charge in [-0.15, -0.1) is 0 Å². The first-order valence-electron chi connectivity index (χ1n) is 13.4. The minimum absolute atomic E-state index is 0.0451. The molecule has 41 heavy (non-hydrogen) atoms. The zero-order valence-electron chi connectivity index (χ0n) is 23.2. The largest absolute Gasteiger partial charge is 0.379 e. The Balaban J connectivity index is 1.43. The fourth-order valence-electron chi connectivity index (χ4n) is 4.63. The number of aromatic nitrogens is 2. The molecule has 0 atom stereocenters. The van der Waals surface area contributed by atoms with Gasteiger partial charge in [0.2, 0.25) is 15.9 Å². The highest BCUT2D eigenvalue weighted by molar-refractivity contribution is 7.99. The Morgan fingerprint density at radius 1 is 1.05 bits per heavy atom. The van der Waals surface area contributed by atoms with Crippen molar-refractivity contribution in [2.24, 2.45) is 0 Å². The standard InChI is InChI=1S/C30H32N4O5S2/c1-20(2)22-9-11-23(12-10-22)34-29(36)24-6-4-5-7-25(24)32-30(34)40-19-28(35)31-26-13-8-21(3)18-27(26)41(37,38)33-14-16-39-17-15-33/h4-13,18,20H,14-17,19H2,1-3H3,(H,31,35). The summed E-state index contributed by atoms with van der Waals surface area (Å²) >= 11 is 1.12. The van der Waals surface area contributed by atoms with Gasteiger partial charge < -0.3 is 10.1 Å². The van der Waals surface area contributed by atoms with Crippen molar-refractivity contribution < 1.29 is 17.9 Å². The second-order valence-electron chi connectivity index (χ2n) is 10.2. The van der Waals surface area contributed by atoms with E-state index in [1.54, 1.807) is 43.3 Å². The van der Waals surface area contributed by atoms with Crippen LogP contribution in [0, 0.1) is 6.92 Å². The van der Waals surface area contributed by atoms with Crippen LogP contribution in [0.5, 0.6) is 0 Å². The van der Waals surface area contributed by atoms with Crippen molar-refractivity contribution >= 4 is 44.3 Å². The number of ether oxygens (including phenoxy) is 1. The molecule has 0 saturated carbocycles. The number of amides is 1. The maximum absolute atomic E-state index is 13.6. The lowest BCUT2D eigenvalue weighted by Gasteiger charge is -2.27. The Labute approximate surface area is 243 Å². The molecule has 4 aromatic rings. The van der Waals surface area contributed by atoms with Crippen molar-refractivity contribution in [3.8, 4) is 5.69 Å². The molecule has 5 rings (SSSR count). The van der Waals surface area contributed by atoms with Crippen molar-refractivity contribution in [1.29, 1.82) is 0 Å². The van der Waals surface area contributed by atoms with Crippen molar-refractivity contribution in [3.63, 3.8) is 0 Å². The van der Waals surface area contributed by atoms with E-state index in [9.17, 15) is 18.0 Å². The number of carbonyl (C=O) groups is 1. The number of para-hydroxylation sites is 1. The number of sulfonamides is 1. The van der Waals surface area contributed by atoms with Gasteiger partial charge >= 0.3 is 0 Å². The molecule has 1 saturated heterocycles. The smallest absolute Gasteiger partial charge is 0.266 e. The lowest BCUT2D eigenvalue weighted by Crippen LogP contribution is -2.41. The highest BCUT2D eigenvalue weighted by atomic mass is 32.2. The first-order valence-corrected chi connectivity index (χ1v) is 15.8. The van der Waals surface area contributed by atoms with Crippen LogP contribution in [-0.4, -0.2) is 60.2 Å². The third-order valence-corrected chi connectivity index (χ3v) is 9.77. The molecule has 0 bridgehead atoms. The lowest BCUT2D eigenvalue weighted by molar-refractivity contribution is -0.113. The first kappa shape index (κ1) is 29.0. The van der Waals surface area contributed by atoms with Crippen LogP contribution in [0.4, 0.5) is 5.69 Å². The maximum Gasteiger partial charge on any atom is 0.266 e. The van der Waals surface area contributed by atoms with Gasteiger partial charge in [-0.05, 0) is 60.4 Å². The molecule has 3 aromatic carbocycles. The molecule has 1 N–H and O–H groups in total. The van der Waals surface area contributed by atoms with E-state index in [1.165, 1.54) is 8.87 Å². The van der Waals surface area contributed by atoms with E-state index >= 15 is 0 Å². The van der Waals surface area contributed by atoms with Crippen molar-refractivity contribution in [2.75, 3.05) is 37.4 Å². The van der Waals surface area contributed by atoms with Crippen molar-refractivity contribution in [3.05, 3.63) is 88.2 Å². The summed E-state index contributed by atoms with van der Waals surface area (Å²) in [5, 5.41) is 3.62. The molecule has 0 unspecified atom stereocenters. The van der Waals surface area contributed by atoms with Crippen LogP contribution < -0.4 is 10.9 Å². The van der Waals surface area contributed by atoms with E-state index in [0.717, 1.165) is 22.9 Å². The minimum atomic E-state index is -3.84. The average molecular weight is 593 g/mol. The molecule has 0 aliphatic carbocycles. The van der Waals surface area contributed by atoms with Gasteiger partial charge in [0.25, 0.3) is 5.56 Å². The van der Waals surface area contributed by atoms with Gasteiger partial charge in [0.15, 0.2) is 5.16 Å². The topological polar surface area (TPSA) is 111 Å². The summed E-state index contributed by atoms with van der Waals surface area (Å²) < 4.78 is 35.0. The summed E-state index contributed by atoms with van der Waals surface area (Å²) in [6, 6.07) is 19.8. The number of rotatable bonds is 8. The lowest BCUT2D eigenvalue weighted by atomic mass is 10.0. The highest BCUT2D eigenvalue weighted by Crippen LogP contribution is 2.28. The van der Waals surface area contributed by atoms with Gasteiger partial charge in [-0.25, -0.2) is 13.4 Å². The molecule has 1 amide bonds. The molecule has 2 heterocycles. The summed E-state index contributed by atoms with van der Waals surface area (Å²) in [4.78, 5) is 31.5. The summed E-state index contributed by atoms with van der Waals surface area (Å²) in [6.45, 7) is 7.16. The molecule has 1 fully saturated rings. The molecule has 214 valence electrons. The minimum Gasteiger partial charge on any atom is -0.379 e. The van der Waals surface area contributed by atoms with Gasteiger partial charge in [0.1, 0.15) is 4.90 Å². The van der Waals surface area contributed by atoms with Crippen LogP contribution in [0.15, 0.2) is 81.6 Å². The Morgan fingerprint density at radius 2 is 1.76 bits per heavy atom. The zero-order valence-corrected chi connectivity index (χ0v) is 24.8. The Kier molecular flexibility index (Phi) is 8.60. The van der Waals surface area contributed by atoms with E-state index in [0.29, 0.717) is 40.9 Å². The molecule has 9 nitrogen and oxygen atoms in total. The second-order valence-corrected chi connectivity index (χ2v) is 13.0. The highest BCUT2D eigenvalue weighted by Gasteiger charge is 2.29. The molecule has 0 spiro atoms. The molecule has 1 aromatic heterocycles. The predicted molar refractivity (Wildman–Crippen MR) is 162 cm³/mol. The Hall–Kier alpha value is -3.51. The zero-order chi connectivity index (χ0) is 29.1. The predicted octanol–water partition coefficient (Wildman–Crippen LogP) is 4.57. The molecule has 1 aliphatic heterocycles. The summed E-state index contributed by atoms with van der Waals surface area (Å²) in [5.74, 6) is -0.159. The Bertz CT molecular complexity index is 1750. The number of fused-ring (bicyclic) bond motifs is 1. The van der Waals surface area contributed by atoms with Crippen LogP contribution in [0.2, 0.25) is 0 Å². The summed E-state index contributed by atoms with van der Waals surface area (Å²) in [6.07, 6.45) is 0. The number of benzene rings is 3. The molecule has 1 aliphatic rings. The van der Waals surface area contributed by atoms with Crippen molar-refractivity contribution in [2.45, 2.75) is 36.7 Å². The third-order valence-electron chi connectivity index (χ3n) is 6.89. The summed E-state index contributed by atoms with van der Waals surface area (Å²) in [7, 11) is -3.84. The van der Waals surface area contributed by atoms with Crippen LogP contribution in [0.3, 0.4) is 0 Å². The molecule has 11 heteroatoms. The first-order chi connectivity index (χ1) is 19.6. The quantitative estimate of drug-likeness (QED) is 0.236. The molecular weight excluding hydrogens is 560 g/mol. The van der Waals surface area contributed by atoms with Crippen LogP contribution in [0.25, 0.3) is 16.6 Å². The van der Waals surface area contributed by atoms with Gasteiger partial charge in [0, 0.05) is 13.1 Å². The fourth-order valence-corrected chi connectivity index (χ4v) is 7.09. The second kappa shape index (κ2) is 12.2. The van der Waals surface area contributed by atoms with Gasteiger partial charge in [-0.1, -0.05) is 55.9 Å². The van der Waals surface area contributed by atoms with Crippen molar-refractivity contribution in [1.82, 2.24) is 13.9 Å². The SMILES string of the molecule is Cc1ccc(NC(=O)CSc2nc3ccccc3c(=O)n2-c2ccc(C(C)C)cc2)c(S(=O)(=O)N2CCOCC2)c1. The van der Waals surface area contributed by atoms with Crippen LogP contribution in [0.1, 0.15) is 30.9 Å². The number of thioether (sulfide) groups is 1. The van der Waals surface area contributed by atoms with E-state index in [4.69, 9.17) is 9.72 Å². The Morgan fingerprint density at radius 3 is 2.46 bits per heavy atom. The number of hydrogen-bond donors (Lipinski definition) is 1. The van der Waals surface area contributed by atoms with E-state index in [-0.39, 0.29) is 35.0 Å². The number of morpholine rings is 1. The van der Waals surface area contributed by atoms with Crippen LogP contribution >= 0.6 is 11.8 Å². The van der Waals surface area contributed by atoms with E-state index in [1.807, 2.05) is 30.3 Å². The third kappa shape index (κ3) is 6.23. The number of aryl methyl sites for hydroxylation is 1. The number of hydrogen-bond acceptors (Lipinski definition) is 7. The number of anilines is 1. The molecular formula is C30H32N4O5S2. The fraction of sp³-hybridized carbons (Fsp3) is 0.300. The van der Waals surface area contributed by atoms with E-state index < -0.39 is 15.9 Å². The molecule has 0 radical (unpaired) electrons. The summed E-state index contributed by atoms with van der Waals surface area (Å²) in [5.41, 5.74) is 3.07. The van der Waals surface area contributed by atoms with Gasteiger partial charge in [-0.2, -0.15) is 4.31 Å². The maximum atomic E-state index is 13.6. The average Bonchev–Trinajstić information content (AvgIpc) is 2.97. The number of nitrogens with one attached hydrogen (secondary N) is 1. The number of carbonyl (C=O) groups excluding carboxylic acids is 1. The van der Waals surface area contributed by atoms with Gasteiger partial charge in [0.05, 0.1) is 41.2 Å². The number of nitrogens with zero attached hydrogens (tertiary/aromatic N) is 3. The van der Waals surface area contributed by atoms with Gasteiger partial charge in [-0.3, -0.25) is 14.2 Å². The normalized spacial score (nSPS) is 14.4. The monoisotopic (exact) mass is 592 g/mol. The van der Waals surface area contributed by atoms with Crippen LogP contribution in [-0.2, 0) is 19.6 Å². The van der Waals surface area contributed by atoms with E-state index in [2.05, 4.69) is 19.2 Å².